The molecule has 0 saturated carbocycles. The van der Waals surface area contributed by atoms with Gasteiger partial charge in [-0.1, -0.05) is 13.8 Å². The fourth-order valence-electron chi connectivity index (χ4n) is 1.38. The molecule has 0 radical (unpaired) electrons. The molecule has 0 heterocycles. The molecule has 1 atom stereocenters. The number of nitrogens with one attached hydrogen (secondary N) is 1. The van der Waals surface area contributed by atoms with E-state index in [1.165, 1.54) is 12.3 Å². The lowest BCUT2D eigenvalue weighted by molar-refractivity contribution is 0.177. The summed E-state index contributed by atoms with van der Waals surface area (Å²) >= 11 is 2.00. The number of hydrogen-bond donors (Lipinski definition) is 1. The van der Waals surface area contributed by atoms with Crippen molar-refractivity contribution in [2.24, 2.45) is 0 Å². The van der Waals surface area contributed by atoms with Crippen molar-refractivity contribution in [2.75, 3.05) is 51.9 Å². The van der Waals surface area contributed by atoms with Gasteiger partial charge in [0.15, 0.2) is 0 Å². The average Bonchev–Trinajstić information content (AvgIpc) is 2.28. The number of methoxy groups -OCH3 is 1. The predicted octanol–water partition coefficient (Wildman–Crippen LogP) is 1.30. The zero-order chi connectivity index (χ0) is 11.5. The standard InChI is InChI=1S/C11H26N2OS/c1-5-13(6-2)7-8-15-10-11(12-3)9-14-4/h11-12H,5-10H2,1-4H3. The molecular weight excluding hydrogens is 208 g/mol. The third-order valence-electron chi connectivity index (χ3n) is 2.54. The Labute approximate surface area is 98.9 Å². The van der Waals surface area contributed by atoms with Crippen LogP contribution in [0.25, 0.3) is 0 Å². The van der Waals surface area contributed by atoms with Crippen molar-refractivity contribution >= 4 is 11.8 Å². The van der Waals surface area contributed by atoms with Gasteiger partial charge in [-0.05, 0) is 20.1 Å². The maximum absolute atomic E-state index is 5.13. The van der Waals surface area contributed by atoms with Crippen LogP contribution < -0.4 is 5.32 Å². The van der Waals surface area contributed by atoms with Crippen LogP contribution in [0.5, 0.6) is 0 Å². The summed E-state index contributed by atoms with van der Waals surface area (Å²) in [6, 6.07) is 0.483. The number of hydrogen-bond acceptors (Lipinski definition) is 4. The predicted molar refractivity (Wildman–Crippen MR) is 69.8 cm³/mol. The summed E-state index contributed by atoms with van der Waals surface area (Å²) in [6.07, 6.45) is 0. The minimum absolute atomic E-state index is 0.483. The molecule has 0 rings (SSSR count). The Kier molecular flexibility index (Phi) is 10.9. The van der Waals surface area contributed by atoms with Crippen LogP contribution in [0.1, 0.15) is 13.8 Å². The molecule has 0 aromatic heterocycles. The molecule has 1 unspecified atom stereocenters. The lowest BCUT2D eigenvalue weighted by atomic mass is 10.4. The summed E-state index contributed by atoms with van der Waals surface area (Å²) in [4.78, 5) is 2.46. The molecule has 3 nitrogen and oxygen atoms in total. The molecule has 0 bridgehead atoms. The maximum atomic E-state index is 5.13. The van der Waals surface area contributed by atoms with E-state index >= 15 is 0 Å². The topological polar surface area (TPSA) is 24.5 Å². The average molecular weight is 234 g/mol. The van der Waals surface area contributed by atoms with Gasteiger partial charge < -0.3 is 15.0 Å². The number of thioether (sulfide) groups is 1. The summed E-state index contributed by atoms with van der Waals surface area (Å²) in [5.74, 6) is 2.34. The van der Waals surface area contributed by atoms with E-state index in [1.807, 2.05) is 18.8 Å². The first-order chi connectivity index (χ1) is 7.28. The smallest absolute Gasteiger partial charge is 0.0623 e. The van der Waals surface area contributed by atoms with Gasteiger partial charge >= 0.3 is 0 Å². The van der Waals surface area contributed by atoms with Gasteiger partial charge in [0.05, 0.1) is 6.61 Å². The molecule has 0 aromatic carbocycles. The Balaban J connectivity index is 3.42. The molecule has 0 aliphatic carbocycles. The second-order valence-corrected chi connectivity index (χ2v) is 4.69. The van der Waals surface area contributed by atoms with Crippen LogP contribution >= 0.6 is 11.8 Å². The van der Waals surface area contributed by atoms with Crippen LogP contribution in [0.4, 0.5) is 0 Å². The van der Waals surface area contributed by atoms with Gasteiger partial charge in [0.2, 0.25) is 0 Å². The molecule has 0 aromatic rings. The Morgan fingerprint density at radius 3 is 2.47 bits per heavy atom. The monoisotopic (exact) mass is 234 g/mol. The van der Waals surface area contributed by atoms with Gasteiger partial charge in [0, 0.05) is 31.2 Å². The number of likely N-dealkylation sites (N-methyl/N-ethyl adjacent to an activating group) is 1. The van der Waals surface area contributed by atoms with Crippen LogP contribution in [0.15, 0.2) is 0 Å². The highest BCUT2D eigenvalue weighted by Gasteiger charge is 2.05. The molecule has 0 aliphatic heterocycles. The first-order valence-corrected chi connectivity index (χ1v) is 6.90. The highest BCUT2D eigenvalue weighted by molar-refractivity contribution is 7.99. The second-order valence-electron chi connectivity index (χ2n) is 3.54. The minimum atomic E-state index is 0.483. The van der Waals surface area contributed by atoms with Gasteiger partial charge in [-0.2, -0.15) is 11.8 Å². The Morgan fingerprint density at radius 1 is 1.33 bits per heavy atom. The van der Waals surface area contributed by atoms with Crippen LogP contribution in [0.3, 0.4) is 0 Å². The summed E-state index contributed by atoms with van der Waals surface area (Å²) < 4.78 is 5.13. The van der Waals surface area contributed by atoms with E-state index in [4.69, 9.17) is 4.74 Å². The van der Waals surface area contributed by atoms with Crippen LogP contribution in [0, 0.1) is 0 Å². The van der Waals surface area contributed by atoms with E-state index < -0.39 is 0 Å². The van der Waals surface area contributed by atoms with Crippen molar-refractivity contribution < 1.29 is 4.74 Å². The first kappa shape index (κ1) is 15.2. The fourth-order valence-corrected chi connectivity index (χ4v) is 2.48. The molecular formula is C11H26N2OS. The molecule has 4 heteroatoms. The van der Waals surface area contributed by atoms with Crippen LogP contribution in [-0.2, 0) is 4.74 Å². The van der Waals surface area contributed by atoms with E-state index in [9.17, 15) is 0 Å². The molecule has 0 aliphatic rings. The van der Waals surface area contributed by atoms with Gasteiger partial charge in [-0.25, -0.2) is 0 Å². The quantitative estimate of drug-likeness (QED) is 0.576. The van der Waals surface area contributed by atoms with Gasteiger partial charge in [0.1, 0.15) is 0 Å². The van der Waals surface area contributed by atoms with Crippen molar-refractivity contribution in [1.29, 1.82) is 0 Å². The second kappa shape index (κ2) is 10.7. The summed E-state index contributed by atoms with van der Waals surface area (Å²) in [7, 11) is 3.75. The van der Waals surface area contributed by atoms with E-state index in [0.717, 1.165) is 25.4 Å². The highest BCUT2D eigenvalue weighted by atomic mass is 32.2. The number of ether oxygens (including phenoxy) is 1. The van der Waals surface area contributed by atoms with Crippen molar-refractivity contribution in [3.8, 4) is 0 Å². The Hall–Kier alpha value is 0.230. The van der Waals surface area contributed by atoms with E-state index in [-0.39, 0.29) is 0 Å². The van der Waals surface area contributed by atoms with Crippen molar-refractivity contribution in [3.63, 3.8) is 0 Å². The zero-order valence-corrected chi connectivity index (χ0v) is 11.4. The number of nitrogens with zero attached hydrogens (tertiary/aromatic N) is 1. The van der Waals surface area contributed by atoms with E-state index in [1.54, 1.807) is 7.11 Å². The van der Waals surface area contributed by atoms with E-state index in [2.05, 4.69) is 24.1 Å². The largest absolute Gasteiger partial charge is 0.383 e. The van der Waals surface area contributed by atoms with Crippen molar-refractivity contribution in [1.82, 2.24) is 10.2 Å². The molecule has 0 amide bonds. The lowest BCUT2D eigenvalue weighted by Crippen LogP contribution is -2.33. The summed E-state index contributed by atoms with van der Waals surface area (Å²) in [5, 5.41) is 3.26. The third kappa shape index (κ3) is 8.08. The zero-order valence-electron chi connectivity index (χ0n) is 10.6. The van der Waals surface area contributed by atoms with Gasteiger partial charge in [-0.15, -0.1) is 0 Å². The Bertz CT molecular complexity index is 132. The first-order valence-electron chi connectivity index (χ1n) is 5.74. The van der Waals surface area contributed by atoms with Crippen molar-refractivity contribution in [2.45, 2.75) is 19.9 Å². The third-order valence-corrected chi connectivity index (χ3v) is 3.65. The van der Waals surface area contributed by atoms with Crippen molar-refractivity contribution in [3.05, 3.63) is 0 Å². The molecule has 92 valence electrons. The number of rotatable bonds is 10. The van der Waals surface area contributed by atoms with Gasteiger partial charge in [0.25, 0.3) is 0 Å². The normalized spacial score (nSPS) is 13.4. The lowest BCUT2D eigenvalue weighted by Gasteiger charge is -2.19. The molecule has 0 spiro atoms. The summed E-state index contributed by atoms with van der Waals surface area (Å²) in [6.45, 7) is 8.75. The Morgan fingerprint density at radius 2 is 2.00 bits per heavy atom. The summed E-state index contributed by atoms with van der Waals surface area (Å²) in [5.41, 5.74) is 0. The highest BCUT2D eigenvalue weighted by Crippen LogP contribution is 2.04. The maximum Gasteiger partial charge on any atom is 0.0623 e. The van der Waals surface area contributed by atoms with Gasteiger partial charge in [-0.3, -0.25) is 0 Å². The van der Waals surface area contributed by atoms with Crippen LogP contribution in [-0.4, -0.2) is 62.8 Å². The fraction of sp³-hybridized carbons (Fsp3) is 1.00. The SMILES string of the molecule is CCN(CC)CCSCC(COC)NC. The molecule has 1 N–H and O–H groups in total. The van der Waals surface area contributed by atoms with Crippen LogP contribution in [0.2, 0.25) is 0 Å². The minimum Gasteiger partial charge on any atom is -0.383 e. The molecule has 15 heavy (non-hydrogen) atoms. The molecule has 0 saturated heterocycles. The molecule has 0 fully saturated rings. The van der Waals surface area contributed by atoms with E-state index in [0.29, 0.717) is 6.04 Å².